The highest BCUT2D eigenvalue weighted by Gasteiger charge is 2.60. The van der Waals surface area contributed by atoms with Crippen molar-refractivity contribution >= 4 is 17.5 Å². The monoisotopic (exact) mass is 283 g/mol. The molecule has 0 unspecified atom stereocenters. The van der Waals surface area contributed by atoms with Gasteiger partial charge in [0.25, 0.3) is 0 Å². The van der Waals surface area contributed by atoms with Crippen LogP contribution < -0.4 is 0 Å². The van der Waals surface area contributed by atoms with Crippen molar-refractivity contribution in [2.45, 2.75) is 43.4 Å². The minimum absolute atomic E-state index is 0.0635. The molecule has 5 fully saturated rings. The van der Waals surface area contributed by atoms with Crippen LogP contribution in [0.15, 0.2) is 0 Å². The highest BCUT2D eigenvalue weighted by Crippen LogP contribution is 2.64. The maximum Gasteiger partial charge on any atom is 0.229 e. The number of rotatable bonds is 1. The molecule has 2 atom stereocenters. The molecule has 5 rings (SSSR count). The first-order valence-electron chi connectivity index (χ1n) is 7.65. The highest BCUT2D eigenvalue weighted by molar-refractivity contribution is 6.24. The van der Waals surface area contributed by atoms with E-state index in [-0.39, 0.29) is 10.3 Å². The molecule has 4 saturated carbocycles. The van der Waals surface area contributed by atoms with Gasteiger partial charge in [-0.1, -0.05) is 0 Å². The first kappa shape index (κ1) is 12.5. The standard InChI is InChI=1S/C15H22ClNO2/c16-15-8-11-5-12(9-15)7-14(6-11,10-15)13(18)17-1-3-19-4-2-17/h11-12H,1-10H2/t11-,12-,14?,15?/m1/s1. The largest absolute Gasteiger partial charge is 0.378 e. The molecule has 4 aliphatic carbocycles. The zero-order valence-corrected chi connectivity index (χ0v) is 12.1. The van der Waals surface area contributed by atoms with Crippen LogP contribution in [0.3, 0.4) is 0 Å². The summed E-state index contributed by atoms with van der Waals surface area (Å²) < 4.78 is 5.37. The molecular weight excluding hydrogens is 262 g/mol. The normalized spacial score (nSPS) is 48.6. The van der Waals surface area contributed by atoms with Crippen LogP contribution in [-0.4, -0.2) is 42.0 Å². The molecule has 0 aromatic rings. The number of morpholine rings is 1. The van der Waals surface area contributed by atoms with Crippen molar-refractivity contribution in [1.82, 2.24) is 4.90 Å². The van der Waals surface area contributed by atoms with Crippen molar-refractivity contribution in [2.24, 2.45) is 17.3 Å². The summed E-state index contributed by atoms with van der Waals surface area (Å²) in [6, 6.07) is 0. The SMILES string of the molecule is O=C(N1CCOCC1)C12C[C@H]3C[C@@H](CC(Cl)(C3)C1)C2. The fourth-order valence-electron chi connectivity index (χ4n) is 5.50. The zero-order valence-electron chi connectivity index (χ0n) is 11.4. The second-order valence-corrected chi connectivity index (χ2v) is 8.10. The van der Waals surface area contributed by atoms with E-state index in [1.807, 2.05) is 4.90 Å². The maximum atomic E-state index is 13.0. The Morgan fingerprint density at radius 3 is 2.32 bits per heavy atom. The molecule has 0 aromatic carbocycles. The number of hydrogen-bond acceptors (Lipinski definition) is 2. The third-order valence-electron chi connectivity index (χ3n) is 5.74. The lowest BCUT2D eigenvalue weighted by Crippen LogP contribution is -2.60. The molecule has 19 heavy (non-hydrogen) atoms. The van der Waals surface area contributed by atoms with E-state index in [1.54, 1.807) is 0 Å². The van der Waals surface area contributed by atoms with E-state index in [1.165, 1.54) is 6.42 Å². The van der Waals surface area contributed by atoms with E-state index in [0.29, 0.717) is 31.0 Å². The number of hydrogen-bond donors (Lipinski definition) is 0. The van der Waals surface area contributed by atoms with Crippen LogP contribution in [0.5, 0.6) is 0 Å². The Morgan fingerprint density at radius 1 is 1.11 bits per heavy atom. The van der Waals surface area contributed by atoms with Gasteiger partial charge in [-0.05, 0) is 50.4 Å². The third-order valence-corrected chi connectivity index (χ3v) is 6.18. The molecule has 4 bridgehead atoms. The van der Waals surface area contributed by atoms with Crippen LogP contribution in [0.2, 0.25) is 0 Å². The molecular formula is C15H22ClNO2. The van der Waals surface area contributed by atoms with Crippen molar-refractivity contribution in [2.75, 3.05) is 26.3 Å². The lowest BCUT2D eigenvalue weighted by atomic mass is 9.49. The van der Waals surface area contributed by atoms with E-state index in [2.05, 4.69) is 0 Å². The number of ether oxygens (including phenoxy) is 1. The van der Waals surface area contributed by atoms with E-state index >= 15 is 0 Å². The Balaban J connectivity index is 1.60. The van der Waals surface area contributed by atoms with Gasteiger partial charge in [0, 0.05) is 18.0 Å². The molecule has 1 heterocycles. The minimum Gasteiger partial charge on any atom is -0.378 e. The second kappa shape index (κ2) is 4.11. The van der Waals surface area contributed by atoms with Gasteiger partial charge in [0.2, 0.25) is 5.91 Å². The number of carbonyl (C=O) groups excluding carboxylic acids is 1. The van der Waals surface area contributed by atoms with Gasteiger partial charge in [0.05, 0.1) is 18.6 Å². The first-order valence-corrected chi connectivity index (χ1v) is 8.03. The van der Waals surface area contributed by atoms with Crippen LogP contribution in [0.1, 0.15) is 38.5 Å². The summed E-state index contributed by atoms with van der Waals surface area (Å²) in [4.78, 5) is 15.0. The van der Waals surface area contributed by atoms with Crippen LogP contribution >= 0.6 is 11.6 Å². The predicted molar refractivity (Wildman–Crippen MR) is 73.1 cm³/mol. The fourth-order valence-corrected chi connectivity index (χ4v) is 6.20. The molecule has 0 aromatic heterocycles. The number of halogens is 1. The summed E-state index contributed by atoms with van der Waals surface area (Å²) in [6.45, 7) is 2.93. The molecule has 0 spiro atoms. The highest BCUT2D eigenvalue weighted by atomic mass is 35.5. The molecule has 0 radical (unpaired) electrons. The Hall–Kier alpha value is -0.280. The number of carbonyl (C=O) groups is 1. The van der Waals surface area contributed by atoms with Gasteiger partial charge >= 0.3 is 0 Å². The smallest absolute Gasteiger partial charge is 0.229 e. The Labute approximate surface area is 119 Å². The van der Waals surface area contributed by atoms with Gasteiger partial charge in [-0.25, -0.2) is 0 Å². The average Bonchev–Trinajstić information content (AvgIpc) is 2.36. The molecule has 0 N–H and O–H groups in total. The summed E-state index contributed by atoms with van der Waals surface area (Å²) in [5, 5.41) is 0. The van der Waals surface area contributed by atoms with Crippen molar-refractivity contribution in [3.8, 4) is 0 Å². The van der Waals surface area contributed by atoms with Gasteiger partial charge in [0.1, 0.15) is 0 Å². The topological polar surface area (TPSA) is 29.5 Å². The summed E-state index contributed by atoms with van der Waals surface area (Å²) in [5.41, 5.74) is -0.122. The van der Waals surface area contributed by atoms with Crippen molar-refractivity contribution in [1.29, 1.82) is 0 Å². The van der Waals surface area contributed by atoms with Crippen LogP contribution in [0, 0.1) is 17.3 Å². The lowest BCUT2D eigenvalue weighted by Gasteiger charge is -2.60. The molecule has 3 nitrogen and oxygen atoms in total. The van der Waals surface area contributed by atoms with E-state index in [9.17, 15) is 4.79 Å². The molecule has 1 amide bonds. The predicted octanol–water partition coefficient (Wildman–Crippen LogP) is 2.42. The summed E-state index contributed by atoms with van der Waals surface area (Å²) >= 11 is 6.81. The maximum absolute atomic E-state index is 13.0. The van der Waals surface area contributed by atoms with Gasteiger partial charge in [-0.15, -0.1) is 11.6 Å². The number of nitrogens with zero attached hydrogens (tertiary/aromatic N) is 1. The van der Waals surface area contributed by atoms with E-state index in [4.69, 9.17) is 16.3 Å². The Kier molecular flexibility index (Phi) is 2.69. The summed E-state index contributed by atoms with van der Waals surface area (Å²) in [7, 11) is 0. The van der Waals surface area contributed by atoms with Crippen molar-refractivity contribution in [3.05, 3.63) is 0 Å². The quantitative estimate of drug-likeness (QED) is 0.692. The first-order chi connectivity index (χ1) is 9.09. The van der Waals surface area contributed by atoms with Gasteiger partial charge in [0.15, 0.2) is 0 Å². The summed E-state index contributed by atoms with van der Waals surface area (Å²) in [5.74, 6) is 1.78. The summed E-state index contributed by atoms with van der Waals surface area (Å²) in [6.07, 6.45) is 6.70. The lowest BCUT2D eigenvalue weighted by molar-refractivity contribution is -0.160. The average molecular weight is 284 g/mol. The van der Waals surface area contributed by atoms with Crippen molar-refractivity contribution in [3.63, 3.8) is 0 Å². The van der Waals surface area contributed by atoms with E-state index < -0.39 is 0 Å². The molecule has 1 aliphatic heterocycles. The molecule has 4 heteroatoms. The Bertz CT molecular complexity index is 391. The van der Waals surface area contributed by atoms with Crippen LogP contribution in [0.4, 0.5) is 0 Å². The number of alkyl halides is 1. The molecule has 1 saturated heterocycles. The molecule has 106 valence electrons. The van der Waals surface area contributed by atoms with Gasteiger partial charge < -0.3 is 9.64 Å². The van der Waals surface area contributed by atoms with Crippen molar-refractivity contribution < 1.29 is 9.53 Å². The number of amides is 1. The zero-order chi connectivity index (χ0) is 13.1. The second-order valence-electron chi connectivity index (χ2n) is 7.30. The Morgan fingerprint density at radius 2 is 1.74 bits per heavy atom. The van der Waals surface area contributed by atoms with Crippen LogP contribution in [-0.2, 0) is 9.53 Å². The fraction of sp³-hybridized carbons (Fsp3) is 0.933. The minimum atomic E-state index is -0.122. The van der Waals surface area contributed by atoms with Crippen LogP contribution in [0.25, 0.3) is 0 Å². The van der Waals surface area contributed by atoms with E-state index in [0.717, 1.165) is 45.2 Å². The van der Waals surface area contributed by atoms with Gasteiger partial charge in [-0.2, -0.15) is 0 Å². The molecule has 5 aliphatic rings. The van der Waals surface area contributed by atoms with Gasteiger partial charge in [-0.3, -0.25) is 4.79 Å². The third kappa shape index (κ3) is 1.92.